The van der Waals surface area contributed by atoms with Gasteiger partial charge in [-0.05, 0) is 75.3 Å². The Bertz CT molecular complexity index is 867. The molecule has 0 unspecified atom stereocenters. The minimum absolute atomic E-state index is 0.0680. The second kappa shape index (κ2) is 15.4. The van der Waals surface area contributed by atoms with Crippen molar-refractivity contribution < 1.29 is 23.8 Å². The van der Waals surface area contributed by atoms with Crippen molar-refractivity contribution >= 4 is 23.7 Å². The molecule has 0 saturated carbocycles. The molecule has 0 radical (unpaired) electrons. The molecule has 0 aromatic heterocycles. The van der Waals surface area contributed by atoms with E-state index in [1.54, 1.807) is 0 Å². The Morgan fingerprint density at radius 3 is 2.81 bits per heavy atom. The first kappa shape index (κ1) is 29.5. The molecule has 2 aliphatic heterocycles. The Labute approximate surface area is 225 Å². The maximum atomic E-state index is 13.5. The van der Waals surface area contributed by atoms with Gasteiger partial charge in [0, 0.05) is 49.8 Å². The van der Waals surface area contributed by atoms with E-state index in [-0.39, 0.29) is 24.0 Å². The summed E-state index contributed by atoms with van der Waals surface area (Å²) in [6, 6.07) is 5.82. The van der Waals surface area contributed by atoms with E-state index in [0.717, 1.165) is 50.0 Å². The Morgan fingerprint density at radius 1 is 1.24 bits per heavy atom. The number of piperidine rings is 1. The summed E-state index contributed by atoms with van der Waals surface area (Å²) in [7, 11) is 3.28. The topological polar surface area (TPSA) is 101 Å². The molecular weight excluding hydrogens is 496 g/mol. The van der Waals surface area contributed by atoms with Gasteiger partial charge in [-0.1, -0.05) is 17.7 Å². The van der Waals surface area contributed by atoms with Gasteiger partial charge in [-0.25, -0.2) is 9.59 Å². The number of likely N-dealkylation sites (N-methyl/N-ethyl adjacent to an activating group) is 1. The maximum Gasteiger partial charge on any atom is 0.406 e. The number of carbonyl (C=O) groups excluding carboxylic acids is 2. The summed E-state index contributed by atoms with van der Waals surface area (Å²) in [5.41, 5.74) is 2.14. The molecule has 2 aliphatic rings. The number of rotatable bonds is 11. The molecule has 4 atom stereocenters. The van der Waals surface area contributed by atoms with Crippen LogP contribution in [0.15, 0.2) is 18.2 Å². The van der Waals surface area contributed by atoms with Gasteiger partial charge in [0.25, 0.3) is 0 Å². The summed E-state index contributed by atoms with van der Waals surface area (Å²) in [6.07, 6.45) is 4.60. The molecule has 1 aromatic rings. The fraction of sp³-hybridized carbons (Fsp3) is 0.704. The van der Waals surface area contributed by atoms with Crippen molar-refractivity contribution in [3.63, 3.8) is 0 Å². The first-order valence-electron chi connectivity index (χ1n) is 13.4. The van der Waals surface area contributed by atoms with Crippen LogP contribution in [-0.2, 0) is 14.2 Å². The van der Waals surface area contributed by atoms with Gasteiger partial charge in [-0.3, -0.25) is 0 Å². The van der Waals surface area contributed by atoms with Crippen LogP contribution >= 0.6 is 11.6 Å². The van der Waals surface area contributed by atoms with Crippen LogP contribution in [0.5, 0.6) is 0 Å². The van der Waals surface area contributed by atoms with Gasteiger partial charge >= 0.3 is 12.1 Å². The second-order valence-electron chi connectivity index (χ2n) is 10.0. The third kappa shape index (κ3) is 9.02. The lowest BCUT2D eigenvalue weighted by atomic mass is 9.83. The number of hydrogen-bond donors (Lipinski definition) is 3. The zero-order chi connectivity index (χ0) is 26.6. The molecule has 37 heavy (non-hydrogen) atoms. The van der Waals surface area contributed by atoms with Gasteiger partial charge in [0.2, 0.25) is 0 Å². The van der Waals surface area contributed by atoms with E-state index in [1.165, 1.54) is 13.5 Å². The molecule has 0 bridgehead atoms. The van der Waals surface area contributed by atoms with Crippen molar-refractivity contribution in [2.45, 2.75) is 51.1 Å². The van der Waals surface area contributed by atoms with Crippen molar-refractivity contribution in [1.29, 1.82) is 0 Å². The van der Waals surface area contributed by atoms with Crippen LogP contribution in [-0.4, -0.2) is 83.3 Å². The van der Waals surface area contributed by atoms with Crippen LogP contribution < -0.4 is 16.0 Å². The van der Waals surface area contributed by atoms with E-state index in [2.05, 4.69) is 27.6 Å². The van der Waals surface area contributed by atoms with Crippen molar-refractivity contribution in [1.82, 2.24) is 20.9 Å². The largest absolute Gasteiger partial charge is 0.453 e. The van der Waals surface area contributed by atoms with Crippen LogP contribution in [0.1, 0.15) is 49.3 Å². The average molecular weight is 539 g/mol. The standard InChI is InChI=1S/C27H43ClN4O5/c1-19-8-9-22(28)15-24(19)25-21(18-37-13-10-30-27(34)35-3)7-4-11-32(25)26(33)31-16-23(29-2)14-20-6-5-12-36-17-20/h8-9,15,20-21,23,25,29H,4-7,10-14,16-18H2,1-3H3,(H,30,34)(H,31,33)/t20-,21+,23+,25+/m1/s1. The smallest absolute Gasteiger partial charge is 0.406 e. The minimum Gasteiger partial charge on any atom is -0.453 e. The number of carbonyl (C=O) groups is 2. The molecule has 2 saturated heterocycles. The van der Waals surface area contributed by atoms with Crippen molar-refractivity contribution in [3.8, 4) is 0 Å². The normalized spacial score (nSPS) is 22.8. The van der Waals surface area contributed by atoms with Gasteiger partial charge in [0.15, 0.2) is 0 Å². The predicted octanol–water partition coefficient (Wildman–Crippen LogP) is 3.89. The molecule has 3 N–H and O–H groups in total. The van der Waals surface area contributed by atoms with Crippen LogP contribution in [0.4, 0.5) is 9.59 Å². The van der Waals surface area contributed by atoms with Crippen molar-refractivity contribution in [2.24, 2.45) is 11.8 Å². The zero-order valence-corrected chi connectivity index (χ0v) is 23.1. The van der Waals surface area contributed by atoms with E-state index in [1.807, 2.05) is 30.1 Å². The number of hydrogen-bond acceptors (Lipinski definition) is 6. The summed E-state index contributed by atoms with van der Waals surface area (Å²) < 4.78 is 16.2. The van der Waals surface area contributed by atoms with E-state index in [0.29, 0.717) is 43.8 Å². The fourth-order valence-electron chi connectivity index (χ4n) is 5.37. The van der Waals surface area contributed by atoms with Gasteiger partial charge in [-0.2, -0.15) is 0 Å². The molecule has 0 spiro atoms. The minimum atomic E-state index is -0.479. The van der Waals surface area contributed by atoms with E-state index < -0.39 is 6.09 Å². The number of likely N-dealkylation sites (tertiary alicyclic amines) is 1. The highest BCUT2D eigenvalue weighted by Gasteiger charge is 2.36. The number of halogens is 1. The van der Waals surface area contributed by atoms with E-state index in [9.17, 15) is 9.59 Å². The summed E-state index contributed by atoms with van der Waals surface area (Å²) in [4.78, 5) is 26.8. The highest BCUT2D eigenvalue weighted by Crippen LogP contribution is 2.38. The molecular formula is C27H43ClN4O5. The second-order valence-corrected chi connectivity index (χ2v) is 10.5. The molecule has 1 aromatic carbocycles. The number of nitrogens with one attached hydrogen (secondary N) is 3. The number of benzene rings is 1. The molecule has 2 heterocycles. The number of amides is 3. The number of aryl methyl sites for hydroxylation is 1. The molecule has 3 amide bonds. The zero-order valence-electron chi connectivity index (χ0n) is 22.4. The first-order valence-corrected chi connectivity index (χ1v) is 13.8. The molecule has 9 nitrogen and oxygen atoms in total. The SMILES string of the molecule is CN[C@H](CNC(=O)N1CCC[C@@H](COCCNC(=O)OC)[C@H]1c1cc(Cl)ccc1C)C[C@H]1CCCOC1. The van der Waals surface area contributed by atoms with E-state index in [4.69, 9.17) is 21.1 Å². The number of alkyl carbamates (subject to hydrolysis) is 1. The Hall–Kier alpha value is -2.07. The maximum absolute atomic E-state index is 13.5. The highest BCUT2D eigenvalue weighted by atomic mass is 35.5. The fourth-order valence-corrected chi connectivity index (χ4v) is 5.55. The Morgan fingerprint density at radius 2 is 2.08 bits per heavy atom. The molecule has 10 heteroatoms. The number of ether oxygens (including phenoxy) is 3. The van der Waals surface area contributed by atoms with Crippen LogP contribution in [0.2, 0.25) is 5.02 Å². The van der Waals surface area contributed by atoms with Gasteiger partial charge < -0.3 is 35.1 Å². The van der Waals surface area contributed by atoms with Crippen molar-refractivity contribution in [3.05, 3.63) is 34.3 Å². The van der Waals surface area contributed by atoms with Gasteiger partial charge in [0.1, 0.15) is 0 Å². The molecule has 208 valence electrons. The van der Waals surface area contributed by atoms with Gasteiger partial charge in [0.05, 0.1) is 26.4 Å². The third-order valence-corrected chi connectivity index (χ3v) is 7.63. The molecule has 3 rings (SSSR count). The average Bonchev–Trinajstić information content (AvgIpc) is 2.92. The summed E-state index contributed by atoms with van der Waals surface area (Å²) in [6.45, 7) is 6.14. The van der Waals surface area contributed by atoms with E-state index >= 15 is 0 Å². The van der Waals surface area contributed by atoms with Gasteiger partial charge in [-0.15, -0.1) is 0 Å². The predicted molar refractivity (Wildman–Crippen MR) is 144 cm³/mol. The lowest BCUT2D eigenvalue weighted by Crippen LogP contribution is -2.51. The lowest BCUT2D eigenvalue weighted by Gasteiger charge is -2.42. The molecule has 0 aliphatic carbocycles. The highest BCUT2D eigenvalue weighted by molar-refractivity contribution is 6.30. The summed E-state index contributed by atoms with van der Waals surface area (Å²) in [5, 5.41) is 9.83. The Kier molecular flexibility index (Phi) is 12.2. The number of nitrogens with zero attached hydrogens (tertiary/aromatic N) is 1. The number of methoxy groups -OCH3 is 1. The number of urea groups is 1. The van der Waals surface area contributed by atoms with Crippen LogP contribution in [0, 0.1) is 18.8 Å². The summed E-state index contributed by atoms with van der Waals surface area (Å²) in [5.74, 6) is 0.629. The summed E-state index contributed by atoms with van der Waals surface area (Å²) >= 11 is 6.39. The first-order chi connectivity index (χ1) is 17.9. The van der Waals surface area contributed by atoms with Crippen LogP contribution in [0.25, 0.3) is 0 Å². The molecule has 2 fully saturated rings. The monoisotopic (exact) mass is 538 g/mol. The lowest BCUT2D eigenvalue weighted by molar-refractivity contribution is 0.0347. The third-order valence-electron chi connectivity index (χ3n) is 7.39. The Balaban J connectivity index is 1.66. The quantitative estimate of drug-likeness (QED) is 0.370. The van der Waals surface area contributed by atoms with Crippen molar-refractivity contribution in [2.75, 3.05) is 60.2 Å². The van der Waals surface area contributed by atoms with Crippen LogP contribution in [0.3, 0.4) is 0 Å².